The lowest BCUT2D eigenvalue weighted by Crippen LogP contribution is -2.06. The number of unbranched alkanes of at least 4 members (excludes halogenated alkanes) is 33. The van der Waals surface area contributed by atoms with Crippen molar-refractivity contribution in [3.05, 3.63) is 0 Å². The van der Waals surface area contributed by atoms with E-state index in [1.165, 1.54) is 180 Å². The number of ether oxygens (including phenoxy) is 2. The van der Waals surface area contributed by atoms with Crippen molar-refractivity contribution in [2.24, 2.45) is 0 Å². The molecule has 0 aliphatic carbocycles. The number of esters is 2. The Morgan fingerprint density at radius 1 is 0.271 bits per heavy atom. The molecule has 0 aromatic heterocycles. The highest BCUT2D eigenvalue weighted by molar-refractivity contribution is 5.69. The summed E-state index contributed by atoms with van der Waals surface area (Å²) < 4.78 is 10.9. The third-order valence-electron chi connectivity index (χ3n) is 10.0. The maximum atomic E-state index is 12.0. The van der Waals surface area contributed by atoms with Gasteiger partial charge < -0.3 is 9.47 Å². The lowest BCUT2D eigenvalue weighted by Gasteiger charge is -2.06. The molecule has 0 N–H and O–H groups in total. The van der Waals surface area contributed by atoms with Crippen LogP contribution in [-0.4, -0.2) is 25.2 Å². The maximum absolute atomic E-state index is 12.0. The summed E-state index contributed by atoms with van der Waals surface area (Å²) in [5.74, 6) is -0.0608. The van der Waals surface area contributed by atoms with Crippen molar-refractivity contribution in [3.8, 4) is 0 Å². The van der Waals surface area contributed by atoms with E-state index in [9.17, 15) is 9.59 Å². The van der Waals surface area contributed by atoms with Gasteiger partial charge >= 0.3 is 11.9 Å². The Kier molecular flexibility index (Phi) is 41.2. The second-order valence-electron chi connectivity index (χ2n) is 15.0. The van der Waals surface area contributed by atoms with Crippen LogP contribution in [0.15, 0.2) is 0 Å². The topological polar surface area (TPSA) is 52.6 Å². The van der Waals surface area contributed by atoms with Crippen LogP contribution in [0.3, 0.4) is 0 Å². The summed E-state index contributed by atoms with van der Waals surface area (Å²) in [6.45, 7) is 5.75. The molecular weight excluding hydrogens is 592 g/mol. The van der Waals surface area contributed by atoms with Gasteiger partial charge in [0.25, 0.3) is 0 Å². The van der Waals surface area contributed by atoms with Gasteiger partial charge in [0.2, 0.25) is 0 Å². The van der Waals surface area contributed by atoms with E-state index in [1.807, 2.05) is 0 Å². The van der Waals surface area contributed by atoms with E-state index < -0.39 is 0 Å². The highest BCUT2D eigenvalue weighted by atomic mass is 16.5. The van der Waals surface area contributed by atoms with Crippen molar-refractivity contribution in [1.29, 1.82) is 0 Å². The Bertz CT molecular complexity index is 579. The summed E-state index contributed by atoms with van der Waals surface area (Å²) in [6.07, 6.45) is 47.8. The zero-order valence-corrected chi connectivity index (χ0v) is 32.9. The van der Waals surface area contributed by atoms with Gasteiger partial charge in [-0.25, -0.2) is 0 Å². The van der Waals surface area contributed by atoms with E-state index in [1.54, 1.807) is 0 Å². The van der Waals surface area contributed by atoms with E-state index in [0.29, 0.717) is 26.1 Å². The minimum Gasteiger partial charge on any atom is -0.466 e. The fourth-order valence-electron chi connectivity index (χ4n) is 6.71. The molecule has 0 saturated carbocycles. The fourth-order valence-corrected chi connectivity index (χ4v) is 6.71. The molecule has 0 amide bonds. The third-order valence-corrected chi connectivity index (χ3v) is 10.0. The Balaban J connectivity index is 3.24. The lowest BCUT2D eigenvalue weighted by atomic mass is 10.0. The molecule has 0 aromatic rings. The van der Waals surface area contributed by atoms with Crippen molar-refractivity contribution in [3.63, 3.8) is 0 Å². The minimum atomic E-state index is -0.0304. The quantitative estimate of drug-likeness (QED) is 0.0477. The van der Waals surface area contributed by atoms with E-state index in [4.69, 9.17) is 9.47 Å². The van der Waals surface area contributed by atoms with E-state index in [-0.39, 0.29) is 11.9 Å². The predicted molar refractivity (Wildman–Crippen MR) is 209 cm³/mol. The second kappa shape index (κ2) is 42.1. The molecule has 286 valence electrons. The Labute approximate surface area is 301 Å². The minimum absolute atomic E-state index is 0.0304. The van der Waals surface area contributed by atoms with Crippen molar-refractivity contribution in [1.82, 2.24) is 0 Å². The number of hydrogen-bond acceptors (Lipinski definition) is 4. The highest BCUT2D eigenvalue weighted by Gasteiger charge is 2.05. The zero-order chi connectivity index (χ0) is 34.9. The van der Waals surface area contributed by atoms with Crippen LogP contribution in [0, 0.1) is 0 Å². The van der Waals surface area contributed by atoms with Gasteiger partial charge in [-0.1, -0.05) is 219 Å². The van der Waals surface area contributed by atoms with Crippen molar-refractivity contribution in [2.75, 3.05) is 13.2 Å². The number of rotatable bonds is 41. The Hall–Kier alpha value is -1.06. The van der Waals surface area contributed by atoms with Gasteiger partial charge in [0.05, 0.1) is 13.2 Å². The first-order valence-corrected chi connectivity index (χ1v) is 22.0. The molecule has 48 heavy (non-hydrogen) atoms. The zero-order valence-electron chi connectivity index (χ0n) is 32.9. The average Bonchev–Trinajstić information content (AvgIpc) is 3.09. The average molecular weight is 679 g/mol. The standard InChI is InChI=1S/C44H86O4/c1-3-5-7-9-11-13-15-17-19-21-23-25-29-33-37-41-47-43(45)39-35-31-27-28-32-36-40-44(46)48-42-38-34-30-26-24-22-20-18-16-14-12-10-8-6-4-2/h3-42H2,1-2H3. The molecule has 0 atom stereocenters. The molecular formula is C44H86O4. The van der Waals surface area contributed by atoms with Gasteiger partial charge in [-0.2, -0.15) is 0 Å². The number of hydrogen-bond donors (Lipinski definition) is 0. The lowest BCUT2D eigenvalue weighted by molar-refractivity contribution is -0.144. The number of carbonyl (C=O) groups excluding carboxylic acids is 2. The van der Waals surface area contributed by atoms with Crippen LogP contribution < -0.4 is 0 Å². The van der Waals surface area contributed by atoms with Crippen LogP contribution in [0.25, 0.3) is 0 Å². The first kappa shape index (κ1) is 46.9. The van der Waals surface area contributed by atoms with Gasteiger partial charge in [-0.3, -0.25) is 9.59 Å². The molecule has 0 fully saturated rings. The van der Waals surface area contributed by atoms with Gasteiger partial charge in [0.15, 0.2) is 0 Å². The van der Waals surface area contributed by atoms with Crippen LogP contribution in [0.5, 0.6) is 0 Å². The third kappa shape index (κ3) is 41.1. The normalized spacial score (nSPS) is 11.3. The molecule has 0 heterocycles. The molecule has 0 aliphatic rings. The van der Waals surface area contributed by atoms with Crippen LogP contribution in [0.4, 0.5) is 0 Å². The monoisotopic (exact) mass is 679 g/mol. The van der Waals surface area contributed by atoms with Crippen molar-refractivity contribution < 1.29 is 19.1 Å². The first-order valence-electron chi connectivity index (χ1n) is 22.0. The molecule has 0 saturated heterocycles. The maximum Gasteiger partial charge on any atom is 0.305 e. The molecule has 0 rings (SSSR count). The SMILES string of the molecule is CCCCCCCCCCCCCCCCCOC(=O)CCCCCCCCC(=O)OCCCCCCCCCCCCCCCCC. The van der Waals surface area contributed by atoms with E-state index in [2.05, 4.69) is 13.8 Å². The summed E-state index contributed by atoms with van der Waals surface area (Å²) in [4.78, 5) is 24.0. The van der Waals surface area contributed by atoms with Crippen molar-refractivity contribution in [2.45, 2.75) is 258 Å². The second-order valence-corrected chi connectivity index (χ2v) is 15.0. The van der Waals surface area contributed by atoms with Gasteiger partial charge in [0, 0.05) is 12.8 Å². The Morgan fingerprint density at radius 2 is 0.458 bits per heavy atom. The van der Waals surface area contributed by atoms with Crippen LogP contribution in [-0.2, 0) is 19.1 Å². The molecule has 0 spiro atoms. The molecule has 4 heteroatoms. The first-order chi connectivity index (χ1) is 23.7. The van der Waals surface area contributed by atoms with Crippen LogP contribution >= 0.6 is 0 Å². The van der Waals surface area contributed by atoms with Crippen molar-refractivity contribution >= 4 is 11.9 Å². The number of carbonyl (C=O) groups is 2. The molecule has 0 radical (unpaired) electrons. The summed E-state index contributed by atoms with van der Waals surface area (Å²) in [7, 11) is 0. The molecule has 4 nitrogen and oxygen atoms in total. The Morgan fingerprint density at radius 3 is 0.688 bits per heavy atom. The molecule has 0 aromatic carbocycles. The summed E-state index contributed by atoms with van der Waals surface area (Å²) in [6, 6.07) is 0. The smallest absolute Gasteiger partial charge is 0.305 e. The molecule has 0 unspecified atom stereocenters. The highest BCUT2D eigenvalue weighted by Crippen LogP contribution is 2.15. The largest absolute Gasteiger partial charge is 0.466 e. The summed E-state index contributed by atoms with van der Waals surface area (Å²) in [5.41, 5.74) is 0. The predicted octanol–water partition coefficient (Wildman–Crippen LogP) is 14.9. The summed E-state index contributed by atoms with van der Waals surface area (Å²) in [5, 5.41) is 0. The van der Waals surface area contributed by atoms with Gasteiger partial charge in [0.1, 0.15) is 0 Å². The van der Waals surface area contributed by atoms with Gasteiger partial charge in [-0.05, 0) is 25.7 Å². The molecule has 0 aliphatic heterocycles. The van der Waals surface area contributed by atoms with Crippen LogP contribution in [0.2, 0.25) is 0 Å². The fraction of sp³-hybridized carbons (Fsp3) is 0.955. The van der Waals surface area contributed by atoms with Gasteiger partial charge in [-0.15, -0.1) is 0 Å². The van der Waals surface area contributed by atoms with E-state index in [0.717, 1.165) is 51.4 Å². The van der Waals surface area contributed by atoms with E-state index >= 15 is 0 Å². The summed E-state index contributed by atoms with van der Waals surface area (Å²) >= 11 is 0. The molecule has 0 bridgehead atoms. The van der Waals surface area contributed by atoms with Crippen LogP contribution in [0.1, 0.15) is 258 Å².